The fourth-order valence-electron chi connectivity index (χ4n) is 2.38. The third-order valence-corrected chi connectivity index (χ3v) is 3.26. The number of anilines is 1. The van der Waals surface area contributed by atoms with Gasteiger partial charge in [0, 0.05) is 25.0 Å². The Hall–Kier alpha value is -1.97. The Morgan fingerprint density at radius 3 is 3.00 bits per heavy atom. The third kappa shape index (κ3) is 1.40. The molecule has 88 valence electrons. The number of hydrogen-bond acceptors (Lipinski definition) is 4. The van der Waals surface area contributed by atoms with E-state index < -0.39 is 0 Å². The van der Waals surface area contributed by atoms with Crippen LogP contribution in [0.15, 0.2) is 27.4 Å². The highest BCUT2D eigenvalue weighted by Gasteiger charge is 2.23. The summed E-state index contributed by atoms with van der Waals surface area (Å²) in [6, 6.07) is 5.58. The van der Waals surface area contributed by atoms with E-state index in [1.165, 1.54) is 0 Å². The highest BCUT2D eigenvalue weighted by atomic mass is 16.5. The first kappa shape index (κ1) is 10.2. The van der Waals surface area contributed by atoms with Gasteiger partial charge in [-0.25, -0.2) is 4.79 Å². The van der Waals surface area contributed by atoms with E-state index in [0.717, 1.165) is 29.6 Å². The van der Waals surface area contributed by atoms with Gasteiger partial charge in [-0.2, -0.15) is 0 Å². The van der Waals surface area contributed by atoms with Crippen molar-refractivity contribution in [2.75, 3.05) is 25.6 Å². The second kappa shape index (κ2) is 3.52. The Morgan fingerprint density at radius 2 is 2.24 bits per heavy atom. The lowest BCUT2D eigenvalue weighted by atomic mass is 10.1. The average molecular weight is 231 g/mol. The summed E-state index contributed by atoms with van der Waals surface area (Å²) in [6.45, 7) is 0.866. The van der Waals surface area contributed by atoms with Gasteiger partial charge in [0.15, 0.2) is 0 Å². The molecule has 0 N–H and O–H groups in total. The predicted octanol–water partition coefficient (Wildman–Crippen LogP) is 1.79. The maximum Gasteiger partial charge on any atom is 0.341 e. The molecule has 1 aliphatic rings. The van der Waals surface area contributed by atoms with Gasteiger partial charge in [-0.05, 0) is 18.6 Å². The predicted molar refractivity (Wildman–Crippen MR) is 66.0 cm³/mol. The Morgan fingerprint density at radius 1 is 1.41 bits per heavy atom. The first-order chi connectivity index (χ1) is 8.20. The maximum atomic E-state index is 11.8. The van der Waals surface area contributed by atoms with E-state index in [0.29, 0.717) is 11.3 Å². The SMILES string of the molecule is COc1ccc2c3c(c(=O)oc2c1)CCN3C. The van der Waals surface area contributed by atoms with Gasteiger partial charge >= 0.3 is 5.63 Å². The average Bonchev–Trinajstić information content (AvgIpc) is 2.72. The van der Waals surface area contributed by atoms with Crippen molar-refractivity contribution in [3.63, 3.8) is 0 Å². The molecule has 2 aromatic rings. The van der Waals surface area contributed by atoms with Crippen LogP contribution in [0.1, 0.15) is 5.56 Å². The zero-order valence-electron chi connectivity index (χ0n) is 9.82. The molecule has 0 aliphatic carbocycles. The minimum atomic E-state index is -0.231. The molecule has 0 atom stereocenters. The molecule has 2 heterocycles. The van der Waals surface area contributed by atoms with Crippen molar-refractivity contribution in [1.82, 2.24) is 0 Å². The minimum absolute atomic E-state index is 0.231. The Labute approximate surface area is 98.4 Å². The van der Waals surface area contributed by atoms with Crippen molar-refractivity contribution in [1.29, 1.82) is 0 Å². The normalized spacial score (nSPS) is 14.1. The molecule has 0 saturated carbocycles. The quantitative estimate of drug-likeness (QED) is 0.702. The van der Waals surface area contributed by atoms with Crippen LogP contribution in [0.4, 0.5) is 5.69 Å². The molecule has 1 aromatic carbocycles. The van der Waals surface area contributed by atoms with Crippen molar-refractivity contribution in [3.05, 3.63) is 34.2 Å². The molecule has 0 fully saturated rings. The van der Waals surface area contributed by atoms with Crippen molar-refractivity contribution in [3.8, 4) is 5.75 Å². The number of likely N-dealkylation sites (N-methyl/N-ethyl adjacent to an activating group) is 1. The number of benzene rings is 1. The summed E-state index contributed by atoms with van der Waals surface area (Å²) < 4.78 is 10.5. The summed E-state index contributed by atoms with van der Waals surface area (Å²) in [5.74, 6) is 0.696. The number of ether oxygens (including phenoxy) is 1. The molecule has 4 heteroatoms. The van der Waals surface area contributed by atoms with E-state index >= 15 is 0 Å². The van der Waals surface area contributed by atoms with Crippen LogP contribution in [0.5, 0.6) is 5.75 Å². The van der Waals surface area contributed by atoms with Gasteiger partial charge in [0.05, 0.1) is 18.4 Å². The Balaban J connectivity index is 2.39. The molecular weight excluding hydrogens is 218 g/mol. The van der Waals surface area contributed by atoms with Gasteiger partial charge in [0.1, 0.15) is 11.3 Å². The maximum absolute atomic E-state index is 11.8. The van der Waals surface area contributed by atoms with Crippen molar-refractivity contribution in [2.24, 2.45) is 0 Å². The van der Waals surface area contributed by atoms with E-state index in [1.807, 2.05) is 19.2 Å². The first-order valence-corrected chi connectivity index (χ1v) is 5.55. The highest BCUT2D eigenvalue weighted by molar-refractivity contribution is 5.93. The van der Waals surface area contributed by atoms with Crippen LogP contribution in [0, 0.1) is 0 Å². The molecular formula is C13H13NO3. The van der Waals surface area contributed by atoms with Gasteiger partial charge < -0.3 is 14.1 Å². The lowest BCUT2D eigenvalue weighted by Gasteiger charge is -2.14. The van der Waals surface area contributed by atoms with Crippen LogP contribution in [-0.4, -0.2) is 20.7 Å². The zero-order valence-corrected chi connectivity index (χ0v) is 9.82. The van der Waals surface area contributed by atoms with Gasteiger partial charge in [0.25, 0.3) is 0 Å². The van der Waals surface area contributed by atoms with Crippen LogP contribution >= 0.6 is 0 Å². The summed E-state index contributed by atoms with van der Waals surface area (Å²) in [6.07, 6.45) is 0.760. The van der Waals surface area contributed by atoms with Crippen LogP contribution in [-0.2, 0) is 6.42 Å². The van der Waals surface area contributed by atoms with E-state index in [2.05, 4.69) is 4.90 Å². The van der Waals surface area contributed by atoms with E-state index in [1.54, 1.807) is 13.2 Å². The third-order valence-electron chi connectivity index (χ3n) is 3.26. The van der Waals surface area contributed by atoms with E-state index in [9.17, 15) is 4.79 Å². The largest absolute Gasteiger partial charge is 0.497 e. The number of rotatable bonds is 1. The molecule has 0 amide bonds. The second-order valence-electron chi connectivity index (χ2n) is 4.25. The summed E-state index contributed by atoms with van der Waals surface area (Å²) in [4.78, 5) is 13.9. The smallest absolute Gasteiger partial charge is 0.341 e. The highest BCUT2D eigenvalue weighted by Crippen LogP contribution is 2.33. The molecule has 4 nitrogen and oxygen atoms in total. The van der Waals surface area contributed by atoms with E-state index in [-0.39, 0.29) is 5.63 Å². The molecule has 0 spiro atoms. The van der Waals surface area contributed by atoms with Crippen molar-refractivity contribution in [2.45, 2.75) is 6.42 Å². The van der Waals surface area contributed by atoms with E-state index in [4.69, 9.17) is 9.15 Å². The number of methoxy groups -OCH3 is 1. The molecule has 1 aliphatic heterocycles. The summed E-state index contributed by atoms with van der Waals surface area (Å²) in [5, 5.41) is 0.973. The Bertz CT molecular complexity index is 645. The molecule has 0 saturated heterocycles. The second-order valence-corrected chi connectivity index (χ2v) is 4.25. The van der Waals surface area contributed by atoms with Gasteiger partial charge in [0.2, 0.25) is 0 Å². The summed E-state index contributed by atoms with van der Waals surface area (Å²) in [5.41, 5.74) is 2.14. The summed E-state index contributed by atoms with van der Waals surface area (Å²) >= 11 is 0. The summed E-state index contributed by atoms with van der Waals surface area (Å²) in [7, 11) is 3.59. The fourth-order valence-corrected chi connectivity index (χ4v) is 2.38. The van der Waals surface area contributed by atoms with Gasteiger partial charge in [-0.1, -0.05) is 0 Å². The molecule has 0 radical (unpaired) electrons. The number of hydrogen-bond donors (Lipinski definition) is 0. The standard InChI is InChI=1S/C13H13NO3/c1-14-6-5-10-12(14)9-4-3-8(16-2)7-11(9)17-13(10)15/h3-4,7H,5-6H2,1-2H3. The zero-order chi connectivity index (χ0) is 12.0. The van der Waals surface area contributed by atoms with Crippen LogP contribution in [0.2, 0.25) is 0 Å². The van der Waals surface area contributed by atoms with Crippen LogP contribution < -0.4 is 15.3 Å². The minimum Gasteiger partial charge on any atom is -0.497 e. The first-order valence-electron chi connectivity index (χ1n) is 5.55. The molecule has 1 aromatic heterocycles. The molecule has 0 bridgehead atoms. The van der Waals surface area contributed by atoms with Gasteiger partial charge in [-0.15, -0.1) is 0 Å². The molecule has 3 rings (SSSR count). The van der Waals surface area contributed by atoms with Crippen LogP contribution in [0.25, 0.3) is 11.0 Å². The van der Waals surface area contributed by atoms with Crippen LogP contribution in [0.3, 0.4) is 0 Å². The molecule has 0 unspecified atom stereocenters. The number of fused-ring (bicyclic) bond motifs is 3. The number of nitrogens with zero attached hydrogens (tertiary/aromatic N) is 1. The van der Waals surface area contributed by atoms with Crippen molar-refractivity contribution >= 4 is 16.7 Å². The topological polar surface area (TPSA) is 42.7 Å². The fraction of sp³-hybridized carbons (Fsp3) is 0.308. The Kier molecular flexibility index (Phi) is 2.11. The lowest BCUT2D eigenvalue weighted by molar-refractivity contribution is 0.414. The van der Waals surface area contributed by atoms with Crippen molar-refractivity contribution < 1.29 is 9.15 Å². The van der Waals surface area contributed by atoms with Gasteiger partial charge in [-0.3, -0.25) is 0 Å². The monoisotopic (exact) mass is 231 g/mol. The lowest BCUT2D eigenvalue weighted by Crippen LogP contribution is -2.13. The molecule has 17 heavy (non-hydrogen) atoms.